The third-order valence-electron chi connectivity index (χ3n) is 4.91. The van der Waals surface area contributed by atoms with Gasteiger partial charge in [-0.25, -0.2) is 9.97 Å². The van der Waals surface area contributed by atoms with Gasteiger partial charge in [-0.2, -0.15) is 0 Å². The monoisotopic (exact) mass is 334 g/mol. The number of fused-ring (bicyclic) bond motifs is 1. The van der Waals surface area contributed by atoms with Crippen molar-refractivity contribution >= 4 is 16.9 Å². The van der Waals surface area contributed by atoms with E-state index in [-0.39, 0.29) is 5.56 Å². The van der Waals surface area contributed by atoms with Crippen LogP contribution in [0.15, 0.2) is 47.5 Å². The minimum absolute atomic E-state index is 0.0661. The SMILES string of the molecule is CCc1ccccc1-n1ccc2nc(N3CCCCC3)ncc2c1=O. The van der Waals surface area contributed by atoms with Gasteiger partial charge in [0.1, 0.15) is 0 Å². The lowest BCUT2D eigenvalue weighted by Gasteiger charge is -2.26. The van der Waals surface area contributed by atoms with E-state index in [4.69, 9.17) is 0 Å². The summed E-state index contributed by atoms with van der Waals surface area (Å²) in [6.45, 7) is 4.08. The summed E-state index contributed by atoms with van der Waals surface area (Å²) in [5, 5.41) is 0.564. The van der Waals surface area contributed by atoms with E-state index in [1.807, 2.05) is 30.5 Å². The predicted octanol–water partition coefficient (Wildman–Crippen LogP) is 3.33. The van der Waals surface area contributed by atoms with E-state index in [1.165, 1.54) is 19.3 Å². The zero-order chi connectivity index (χ0) is 17.2. The summed E-state index contributed by atoms with van der Waals surface area (Å²) in [7, 11) is 0. The predicted molar refractivity (Wildman–Crippen MR) is 101 cm³/mol. The first kappa shape index (κ1) is 15.8. The van der Waals surface area contributed by atoms with E-state index in [9.17, 15) is 4.79 Å². The van der Waals surface area contributed by atoms with E-state index < -0.39 is 0 Å². The second-order valence-corrected chi connectivity index (χ2v) is 6.49. The topological polar surface area (TPSA) is 51.0 Å². The number of hydrogen-bond donors (Lipinski definition) is 0. The second kappa shape index (κ2) is 6.67. The third-order valence-corrected chi connectivity index (χ3v) is 4.91. The normalized spacial score (nSPS) is 14.8. The lowest BCUT2D eigenvalue weighted by molar-refractivity contribution is 0.569. The highest BCUT2D eigenvalue weighted by molar-refractivity contribution is 5.78. The van der Waals surface area contributed by atoms with Crippen molar-refractivity contribution in [2.24, 2.45) is 0 Å². The minimum atomic E-state index is -0.0661. The fourth-order valence-corrected chi connectivity index (χ4v) is 3.50. The van der Waals surface area contributed by atoms with Gasteiger partial charge >= 0.3 is 0 Å². The molecule has 0 atom stereocenters. The highest BCUT2D eigenvalue weighted by Crippen LogP contribution is 2.19. The Labute approximate surface area is 147 Å². The zero-order valence-corrected chi connectivity index (χ0v) is 14.5. The molecular weight excluding hydrogens is 312 g/mol. The van der Waals surface area contributed by atoms with Gasteiger partial charge in [-0.15, -0.1) is 0 Å². The van der Waals surface area contributed by atoms with Crippen molar-refractivity contribution in [1.29, 1.82) is 0 Å². The van der Waals surface area contributed by atoms with E-state index >= 15 is 0 Å². The Hall–Kier alpha value is -2.69. The Kier molecular flexibility index (Phi) is 4.22. The van der Waals surface area contributed by atoms with Crippen molar-refractivity contribution in [3.8, 4) is 5.69 Å². The van der Waals surface area contributed by atoms with Crippen LogP contribution in [0.25, 0.3) is 16.6 Å². The van der Waals surface area contributed by atoms with Crippen molar-refractivity contribution in [3.05, 3.63) is 58.6 Å². The van der Waals surface area contributed by atoms with Crippen molar-refractivity contribution in [2.75, 3.05) is 18.0 Å². The molecule has 0 amide bonds. The molecule has 1 fully saturated rings. The molecule has 0 spiro atoms. The molecule has 1 aromatic carbocycles. The van der Waals surface area contributed by atoms with Crippen LogP contribution < -0.4 is 10.5 Å². The smallest absolute Gasteiger partial charge is 0.266 e. The molecule has 2 aromatic heterocycles. The first-order valence-electron chi connectivity index (χ1n) is 8.99. The fourth-order valence-electron chi connectivity index (χ4n) is 3.50. The van der Waals surface area contributed by atoms with Crippen molar-refractivity contribution in [3.63, 3.8) is 0 Å². The molecule has 25 heavy (non-hydrogen) atoms. The molecule has 128 valence electrons. The van der Waals surface area contributed by atoms with Crippen LogP contribution in [0.3, 0.4) is 0 Å². The van der Waals surface area contributed by atoms with Crippen LogP contribution in [0.5, 0.6) is 0 Å². The summed E-state index contributed by atoms with van der Waals surface area (Å²) >= 11 is 0. The molecule has 3 heterocycles. The van der Waals surface area contributed by atoms with Crippen LogP contribution in [-0.4, -0.2) is 27.6 Å². The molecule has 0 radical (unpaired) electrons. The molecule has 5 heteroatoms. The van der Waals surface area contributed by atoms with Crippen LogP contribution in [0.4, 0.5) is 5.95 Å². The molecule has 1 saturated heterocycles. The van der Waals surface area contributed by atoms with Gasteiger partial charge in [0.05, 0.1) is 16.6 Å². The number of aromatic nitrogens is 3. The summed E-state index contributed by atoms with van der Waals surface area (Å²) < 4.78 is 1.70. The number of anilines is 1. The van der Waals surface area contributed by atoms with Gasteiger partial charge in [0, 0.05) is 25.5 Å². The highest BCUT2D eigenvalue weighted by Gasteiger charge is 2.15. The molecule has 0 N–H and O–H groups in total. The molecular formula is C20H22N4O. The maximum absolute atomic E-state index is 13.0. The maximum atomic E-state index is 13.0. The standard InChI is InChI=1S/C20H22N4O/c1-2-15-8-4-5-9-18(15)24-13-10-17-16(19(24)25)14-21-20(22-17)23-11-6-3-7-12-23/h4-5,8-10,13-14H,2-3,6-7,11-12H2,1H3. The van der Waals surface area contributed by atoms with Gasteiger partial charge in [-0.1, -0.05) is 25.1 Å². The number of pyridine rings is 1. The van der Waals surface area contributed by atoms with Gasteiger partial charge in [-0.3, -0.25) is 9.36 Å². The van der Waals surface area contributed by atoms with Crippen LogP contribution in [0.1, 0.15) is 31.7 Å². The summed E-state index contributed by atoms with van der Waals surface area (Å²) in [6.07, 6.45) is 8.01. The quantitative estimate of drug-likeness (QED) is 0.737. The molecule has 3 aromatic rings. The molecule has 0 unspecified atom stereocenters. The lowest BCUT2D eigenvalue weighted by atomic mass is 10.1. The van der Waals surface area contributed by atoms with Crippen LogP contribution >= 0.6 is 0 Å². The molecule has 0 bridgehead atoms. The van der Waals surface area contributed by atoms with Crippen LogP contribution in [-0.2, 0) is 6.42 Å². The van der Waals surface area contributed by atoms with Crippen LogP contribution in [0, 0.1) is 0 Å². The van der Waals surface area contributed by atoms with Gasteiger partial charge in [0.15, 0.2) is 0 Å². The van der Waals surface area contributed by atoms with Crippen molar-refractivity contribution in [1.82, 2.24) is 14.5 Å². The lowest BCUT2D eigenvalue weighted by Crippen LogP contribution is -2.31. The Morgan fingerprint density at radius 2 is 1.88 bits per heavy atom. The Balaban J connectivity index is 1.79. The summed E-state index contributed by atoms with van der Waals surface area (Å²) in [6, 6.07) is 9.92. The first-order chi connectivity index (χ1) is 12.3. The zero-order valence-electron chi connectivity index (χ0n) is 14.5. The van der Waals surface area contributed by atoms with Gasteiger partial charge in [0.2, 0.25) is 5.95 Å². The fraction of sp³-hybridized carbons (Fsp3) is 0.350. The summed E-state index contributed by atoms with van der Waals surface area (Å²) in [5.41, 5.74) is 2.72. The Morgan fingerprint density at radius 1 is 1.08 bits per heavy atom. The minimum Gasteiger partial charge on any atom is -0.341 e. The van der Waals surface area contributed by atoms with E-state index in [2.05, 4.69) is 27.9 Å². The average molecular weight is 334 g/mol. The number of hydrogen-bond acceptors (Lipinski definition) is 4. The van der Waals surface area contributed by atoms with Crippen molar-refractivity contribution < 1.29 is 0 Å². The third kappa shape index (κ3) is 2.90. The maximum Gasteiger partial charge on any atom is 0.266 e. The van der Waals surface area contributed by atoms with Gasteiger partial charge < -0.3 is 4.90 Å². The number of piperidine rings is 1. The molecule has 5 nitrogen and oxygen atoms in total. The molecule has 1 aliphatic heterocycles. The average Bonchev–Trinajstić information content (AvgIpc) is 2.69. The number of rotatable bonds is 3. The Bertz CT molecular complexity index is 957. The van der Waals surface area contributed by atoms with Crippen LogP contribution in [0.2, 0.25) is 0 Å². The molecule has 1 aliphatic rings. The number of nitrogens with zero attached hydrogens (tertiary/aromatic N) is 4. The van der Waals surface area contributed by atoms with E-state index in [0.717, 1.165) is 36.7 Å². The van der Waals surface area contributed by atoms with E-state index in [0.29, 0.717) is 10.9 Å². The van der Waals surface area contributed by atoms with Crippen molar-refractivity contribution in [2.45, 2.75) is 32.6 Å². The first-order valence-corrected chi connectivity index (χ1v) is 8.99. The number of para-hydroxylation sites is 1. The van der Waals surface area contributed by atoms with E-state index in [1.54, 1.807) is 10.8 Å². The molecule has 4 rings (SSSR count). The van der Waals surface area contributed by atoms with Gasteiger partial charge in [-0.05, 0) is 43.4 Å². The number of benzene rings is 1. The molecule has 0 saturated carbocycles. The number of aryl methyl sites for hydroxylation is 1. The largest absolute Gasteiger partial charge is 0.341 e. The summed E-state index contributed by atoms with van der Waals surface area (Å²) in [4.78, 5) is 24.3. The second-order valence-electron chi connectivity index (χ2n) is 6.49. The summed E-state index contributed by atoms with van der Waals surface area (Å²) in [5.74, 6) is 0.735. The molecule has 0 aliphatic carbocycles. The highest BCUT2D eigenvalue weighted by atomic mass is 16.1. The van der Waals surface area contributed by atoms with Gasteiger partial charge in [0.25, 0.3) is 5.56 Å². The Morgan fingerprint density at radius 3 is 2.68 bits per heavy atom.